The third kappa shape index (κ3) is 1.94. The molecule has 3 aromatic rings. The van der Waals surface area contributed by atoms with Gasteiger partial charge in [-0.3, -0.25) is 0 Å². The van der Waals surface area contributed by atoms with Gasteiger partial charge in [-0.25, -0.2) is 4.79 Å². The maximum absolute atomic E-state index is 12.5. The first-order valence-corrected chi connectivity index (χ1v) is 7.75. The van der Waals surface area contributed by atoms with Gasteiger partial charge >= 0.3 is 5.63 Å². The summed E-state index contributed by atoms with van der Waals surface area (Å²) in [4.78, 5) is 13.4. The molecule has 2 aromatic heterocycles. The number of nitriles is 1. The number of para-hydroxylation sites is 1. The number of hydrogen-bond acceptors (Lipinski definition) is 6. The van der Waals surface area contributed by atoms with Gasteiger partial charge in [0.15, 0.2) is 5.75 Å². The van der Waals surface area contributed by atoms with Crippen LogP contribution in [0.2, 0.25) is 0 Å². The van der Waals surface area contributed by atoms with Gasteiger partial charge < -0.3 is 14.9 Å². The Labute approximate surface area is 134 Å². The summed E-state index contributed by atoms with van der Waals surface area (Å²) in [7, 11) is 0. The van der Waals surface area contributed by atoms with E-state index in [4.69, 9.17) is 14.9 Å². The van der Waals surface area contributed by atoms with E-state index in [0.29, 0.717) is 22.3 Å². The number of ether oxygens (including phenoxy) is 1. The monoisotopic (exact) mass is 322 g/mol. The number of rotatable bonds is 1. The molecule has 23 heavy (non-hydrogen) atoms. The van der Waals surface area contributed by atoms with E-state index >= 15 is 0 Å². The SMILES string of the molecule is N#CC1=C(N)Oc2c(c(=O)oc3ccccc23)[C@H]1c1cccs1. The summed E-state index contributed by atoms with van der Waals surface area (Å²) in [5.41, 5.74) is 6.40. The van der Waals surface area contributed by atoms with Crippen molar-refractivity contribution in [3.8, 4) is 11.8 Å². The smallest absolute Gasteiger partial charge is 0.344 e. The van der Waals surface area contributed by atoms with E-state index in [1.165, 1.54) is 11.3 Å². The zero-order chi connectivity index (χ0) is 16.0. The summed E-state index contributed by atoms with van der Waals surface area (Å²) in [6.07, 6.45) is 0. The molecule has 0 unspecified atom stereocenters. The van der Waals surface area contributed by atoms with Gasteiger partial charge in [-0.05, 0) is 23.6 Å². The molecule has 1 aliphatic rings. The van der Waals surface area contributed by atoms with Crippen molar-refractivity contribution in [3.05, 3.63) is 74.1 Å². The predicted octanol–water partition coefficient (Wildman–Crippen LogP) is 3.07. The van der Waals surface area contributed by atoms with Crippen molar-refractivity contribution in [1.29, 1.82) is 5.26 Å². The number of thiophene rings is 1. The van der Waals surface area contributed by atoms with Crippen LogP contribution in [0.15, 0.2) is 62.4 Å². The fraction of sp³-hybridized carbons (Fsp3) is 0.0588. The molecule has 0 saturated carbocycles. The maximum atomic E-state index is 12.5. The highest BCUT2D eigenvalue weighted by atomic mass is 32.1. The van der Waals surface area contributed by atoms with Crippen LogP contribution < -0.4 is 16.1 Å². The Morgan fingerprint density at radius 2 is 2.04 bits per heavy atom. The van der Waals surface area contributed by atoms with E-state index in [1.807, 2.05) is 23.6 Å². The number of nitrogens with two attached hydrogens (primary N) is 1. The van der Waals surface area contributed by atoms with Crippen LogP contribution in [0.5, 0.6) is 5.75 Å². The third-order valence-electron chi connectivity index (χ3n) is 3.80. The Morgan fingerprint density at radius 1 is 1.22 bits per heavy atom. The van der Waals surface area contributed by atoms with Crippen LogP contribution in [0, 0.1) is 11.3 Å². The molecular weight excluding hydrogens is 312 g/mol. The zero-order valence-corrected chi connectivity index (χ0v) is 12.6. The third-order valence-corrected chi connectivity index (χ3v) is 4.74. The fourth-order valence-corrected chi connectivity index (χ4v) is 3.65. The minimum Gasteiger partial charge on any atom is -0.439 e. The lowest BCUT2D eigenvalue weighted by molar-refractivity contribution is 0.388. The summed E-state index contributed by atoms with van der Waals surface area (Å²) in [5, 5.41) is 12.0. The number of allylic oxidation sites excluding steroid dienone is 1. The Bertz CT molecular complexity index is 1040. The number of benzene rings is 1. The maximum Gasteiger partial charge on any atom is 0.344 e. The van der Waals surface area contributed by atoms with Crippen LogP contribution in [0.4, 0.5) is 0 Å². The molecule has 1 aromatic carbocycles. The highest BCUT2D eigenvalue weighted by Crippen LogP contribution is 2.44. The van der Waals surface area contributed by atoms with Gasteiger partial charge in [0.25, 0.3) is 0 Å². The molecule has 0 saturated heterocycles. The summed E-state index contributed by atoms with van der Waals surface area (Å²) in [6, 6.07) is 12.9. The van der Waals surface area contributed by atoms with Crippen molar-refractivity contribution < 1.29 is 9.15 Å². The first-order chi connectivity index (χ1) is 11.2. The quantitative estimate of drug-likeness (QED) is 0.695. The van der Waals surface area contributed by atoms with Gasteiger partial charge in [-0.15, -0.1) is 11.3 Å². The first-order valence-electron chi connectivity index (χ1n) is 6.87. The molecule has 0 amide bonds. The Hall–Kier alpha value is -3.04. The molecular formula is C17H10N2O3S. The molecule has 0 aliphatic carbocycles. The molecule has 0 bridgehead atoms. The minimum absolute atomic E-state index is 0.0224. The standard InChI is InChI=1S/C17H10N2O3S/c18-8-10-13(12-6-3-7-23-12)14-15(22-16(10)19)9-4-1-2-5-11(9)21-17(14)20/h1-7,13H,19H2/t13-/m1/s1. The fourth-order valence-electron chi connectivity index (χ4n) is 2.81. The molecule has 4 rings (SSSR count). The molecule has 6 heteroatoms. The predicted molar refractivity (Wildman–Crippen MR) is 86.1 cm³/mol. The average molecular weight is 322 g/mol. The molecule has 112 valence electrons. The van der Waals surface area contributed by atoms with Gasteiger partial charge in [0.05, 0.1) is 16.9 Å². The lowest BCUT2D eigenvalue weighted by Crippen LogP contribution is -2.25. The molecule has 0 spiro atoms. The molecule has 2 N–H and O–H groups in total. The lowest BCUT2D eigenvalue weighted by Gasteiger charge is -2.24. The van der Waals surface area contributed by atoms with E-state index in [0.717, 1.165) is 4.88 Å². The summed E-state index contributed by atoms with van der Waals surface area (Å²) in [5.74, 6) is -0.175. The van der Waals surface area contributed by atoms with Crippen molar-refractivity contribution in [2.45, 2.75) is 5.92 Å². The molecule has 0 radical (unpaired) electrons. The van der Waals surface area contributed by atoms with Crippen molar-refractivity contribution in [3.63, 3.8) is 0 Å². The van der Waals surface area contributed by atoms with E-state index in [2.05, 4.69) is 6.07 Å². The topological polar surface area (TPSA) is 89.3 Å². The van der Waals surface area contributed by atoms with Crippen molar-refractivity contribution in [1.82, 2.24) is 0 Å². The van der Waals surface area contributed by atoms with Crippen LogP contribution in [0.1, 0.15) is 16.4 Å². The molecule has 1 atom stereocenters. The van der Waals surface area contributed by atoms with E-state index in [1.54, 1.807) is 18.2 Å². The molecule has 1 aliphatic heterocycles. The highest BCUT2D eigenvalue weighted by molar-refractivity contribution is 7.10. The second-order valence-corrected chi connectivity index (χ2v) is 6.05. The summed E-state index contributed by atoms with van der Waals surface area (Å²) >= 11 is 1.45. The van der Waals surface area contributed by atoms with Gasteiger partial charge in [0.1, 0.15) is 17.2 Å². The van der Waals surface area contributed by atoms with Crippen LogP contribution >= 0.6 is 11.3 Å². The summed E-state index contributed by atoms with van der Waals surface area (Å²) in [6.45, 7) is 0. The Balaban J connectivity index is 2.11. The summed E-state index contributed by atoms with van der Waals surface area (Å²) < 4.78 is 11.0. The largest absolute Gasteiger partial charge is 0.439 e. The van der Waals surface area contributed by atoms with Crippen LogP contribution in [-0.4, -0.2) is 0 Å². The number of fused-ring (bicyclic) bond motifs is 3. The Kier molecular flexibility index (Phi) is 2.96. The normalized spacial score (nSPS) is 16.7. The van der Waals surface area contributed by atoms with Crippen LogP contribution in [0.3, 0.4) is 0 Å². The van der Waals surface area contributed by atoms with Gasteiger partial charge in [0.2, 0.25) is 5.88 Å². The van der Waals surface area contributed by atoms with E-state index < -0.39 is 11.5 Å². The first kappa shape index (κ1) is 13.6. The number of hydrogen-bond donors (Lipinski definition) is 1. The van der Waals surface area contributed by atoms with Crippen LogP contribution in [-0.2, 0) is 0 Å². The van der Waals surface area contributed by atoms with Gasteiger partial charge in [-0.1, -0.05) is 18.2 Å². The van der Waals surface area contributed by atoms with E-state index in [9.17, 15) is 10.1 Å². The highest BCUT2D eigenvalue weighted by Gasteiger charge is 2.35. The van der Waals surface area contributed by atoms with Crippen molar-refractivity contribution >= 4 is 22.3 Å². The second-order valence-electron chi connectivity index (χ2n) is 5.07. The molecule has 0 fully saturated rings. The van der Waals surface area contributed by atoms with Crippen molar-refractivity contribution in [2.75, 3.05) is 0 Å². The number of nitrogens with zero attached hydrogens (tertiary/aromatic N) is 1. The average Bonchev–Trinajstić information content (AvgIpc) is 3.08. The second kappa shape index (κ2) is 5.00. The molecule has 3 heterocycles. The van der Waals surface area contributed by atoms with Crippen molar-refractivity contribution in [2.24, 2.45) is 5.73 Å². The minimum atomic E-state index is -0.565. The van der Waals surface area contributed by atoms with Gasteiger partial charge in [-0.2, -0.15) is 5.26 Å². The zero-order valence-electron chi connectivity index (χ0n) is 11.8. The Morgan fingerprint density at radius 3 is 2.78 bits per heavy atom. The van der Waals surface area contributed by atoms with Gasteiger partial charge in [0, 0.05) is 4.88 Å². The molecule has 5 nitrogen and oxygen atoms in total. The van der Waals surface area contributed by atoms with E-state index in [-0.39, 0.29) is 11.5 Å². The lowest BCUT2D eigenvalue weighted by atomic mass is 9.88. The van der Waals surface area contributed by atoms with Crippen LogP contribution in [0.25, 0.3) is 11.0 Å².